The Labute approximate surface area is 104 Å². The molecule has 0 aromatic heterocycles. The third-order valence-electron chi connectivity index (χ3n) is 3.30. The minimum atomic E-state index is 0.631. The van der Waals surface area contributed by atoms with Crippen molar-refractivity contribution in [3.8, 4) is 0 Å². The maximum Gasteiger partial charge on any atom is 0.0342 e. The van der Waals surface area contributed by atoms with E-state index in [-0.39, 0.29) is 0 Å². The smallest absolute Gasteiger partial charge is 0.0342 e. The molecule has 1 heterocycles. The number of likely N-dealkylation sites (N-methyl/N-ethyl adjacent to an activating group) is 1. The predicted octanol–water partition coefficient (Wildman–Crippen LogP) is 1.70. The Kier molecular flexibility index (Phi) is 4.40. The highest BCUT2D eigenvalue weighted by atomic mass is 15.2. The lowest BCUT2D eigenvalue weighted by Crippen LogP contribution is -2.49. The predicted molar refractivity (Wildman–Crippen MR) is 73.6 cm³/mol. The summed E-state index contributed by atoms with van der Waals surface area (Å²) < 4.78 is 0. The van der Waals surface area contributed by atoms with Crippen LogP contribution >= 0.6 is 0 Å². The molecule has 0 aliphatic carbocycles. The fourth-order valence-corrected chi connectivity index (χ4v) is 2.33. The minimum absolute atomic E-state index is 0.631. The molecule has 3 heteroatoms. The molecule has 1 aromatic carbocycles. The zero-order valence-electron chi connectivity index (χ0n) is 10.9. The molecule has 1 atom stereocenters. The minimum Gasteiger partial charge on any atom is -0.385 e. The average Bonchev–Trinajstić information content (AvgIpc) is 2.29. The number of hydrogen-bond acceptors (Lipinski definition) is 3. The number of aryl methyl sites for hydroxylation is 1. The molecular weight excluding hydrogens is 210 g/mol. The van der Waals surface area contributed by atoms with E-state index in [0.29, 0.717) is 6.04 Å². The van der Waals surface area contributed by atoms with Crippen molar-refractivity contribution in [3.63, 3.8) is 0 Å². The van der Waals surface area contributed by atoms with Gasteiger partial charge in [0.05, 0.1) is 0 Å². The first-order valence-corrected chi connectivity index (χ1v) is 6.46. The Morgan fingerprint density at radius 1 is 1.47 bits per heavy atom. The van der Waals surface area contributed by atoms with E-state index in [1.54, 1.807) is 0 Å². The van der Waals surface area contributed by atoms with Crippen LogP contribution in [0.5, 0.6) is 0 Å². The Hall–Kier alpha value is -1.06. The number of rotatable bonds is 4. The number of piperazine rings is 1. The van der Waals surface area contributed by atoms with Gasteiger partial charge in [0.15, 0.2) is 0 Å². The van der Waals surface area contributed by atoms with Gasteiger partial charge in [-0.2, -0.15) is 0 Å². The molecule has 1 aliphatic heterocycles. The van der Waals surface area contributed by atoms with Gasteiger partial charge in [-0.3, -0.25) is 0 Å². The van der Waals surface area contributed by atoms with E-state index >= 15 is 0 Å². The molecule has 1 unspecified atom stereocenters. The Morgan fingerprint density at radius 3 is 3.12 bits per heavy atom. The molecule has 1 saturated heterocycles. The normalized spacial score (nSPS) is 21.4. The highest BCUT2D eigenvalue weighted by Gasteiger charge is 2.15. The molecule has 2 rings (SSSR count). The monoisotopic (exact) mass is 233 g/mol. The molecule has 1 aliphatic rings. The van der Waals surface area contributed by atoms with Crippen LogP contribution in [0.3, 0.4) is 0 Å². The first-order valence-electron chi connectivity index (χ1n) is 6.46. The lowest BCUT2D eigenvalue weighted by atomic mass is 10.1. The summed E-state index contributed by atoms with van der Waals surface area (Å²) in [6.07, 6.45) is 1.18. The molecule has 3 nitrogen and oxygen atoms in total. The van der Waals surface area contributed by atoms with Gasteiger partial charge < -0.3 is 15.5 Å². The van der Waals surface area contributed by atoms with Crippen LogP contribution in [0.2, 0.25) is 0 Å². The molecule has 2 N–H and O–H groups in total. The molecule has 94 valence electrons. The lowest BCUT2D eigenvalue weighted by molar-refractivity contribution is 0.234. The Balaban J connectivity index is 1.72. The van der Waals surface area contributed by atoms with E-state index in [1.165, 1.54) is 24.2 Å². The van der Waals surface area contributed by atoms with Crippen LogP contribution < -0.4 is 10.6 Å². The Bertz CT molecular complexity index is 351. The second-order valence-corrected chi connectivity index (χ2v) is 5.00. The summed E-state index contributed by atoms with van der Waals surface area (Å²) in [4.78, 5) is 2.40. The molecular formula is C14H23N3. The molecule has 1 fully saturated rings. The molecule has 0 bridgehead atoms. The van der Waals surface area contributed by atoms with Crippen LogP contribution in [0, 0.1) is 6.92 Å². The van der Waals surface area contributed by atoms with Gasteiger partial charge in [0.25, 0.3) is 0 Å². The first kappa shape index (κ1) is 12.4. The largest absolute Gasteiger partial charge is 0.385 e. The van der Waals surface area contributed by atoms with E-state index < -0.39 is 0 Å². The van der Waals surface area contributed by atoms with Gasteiger partial charge in [0.2, 0.25) is 0 Å². The zero-order chi connectivity index (χ0) is 12.1. The van der Waals surface area contributed by atoms with Gasteiger partial charge in [0.1, 0.15) is 0 Å². The van der Waals surface area contributed by atoms with Gasteiger partial charge in [-0.1, -0.05) is 12.1 Å². The van der Waals surface area contributed by atoms with E-state index in [0.717, 1.165) is 19.6 Å². The van der Waals surface area contributed by atoms with Crippen LogP contribution in [0.15, 0.2) is 24.3 Å². The highest BCUT2D eigenvalue weighted by molar-refractivity contribution is 5.45. The summed E-state index contributed by atoms with van der Waals surface area (Å²) in [5.41, 5.74) is 2.54. The van der Waals surface area contributed by atoms with Gasteiger partial charge >= 0.3 is 0 Å². The number of hydrogen-bond donors (Lipinski definition) is 2. The van der Waals surface area contributed by atoms with E-state index in [4.69, 9.17) is 0 Å². The molecule has 0 saturated carbocycles. The fraction of sp³-hybridized carbons (Fsp3) is 0.571. The number of nitrogens with one attached hydrogen (secondary N) is 2. The summed E-state index contributed by atoms with van der Waals surface area (Å²) in [5.74, 6) is 0. The SMILES string of the molecule is Cc1cccc(NCCC2CN(C)CCN2)c1. The molecule has 0 amide bonds. The Morgan fingerprint density at radius 2 is 2.35 bits per heavy atom. The van der Waals surface area contributed by atoms with E-state index in [1.807, 2.05) is 0 Å². The quantitative estimate of drug-likeness (QED) is 0.829. The average molecular weight is 233 g/mol. The zero-order valence-corrected chi connectivity index (χ0v) is 10.9. The second kappa shape index (κ2) is 6.03. The van der Waals surface area contributed by atoms with Crippen molar-refractivity contribution in [2.75, 3.05) is 38.5 Å². The van der Waals surface area contributed by atoms with Crippen molar-refractivity contribution in [1.82, 2.24) is 10.2 Å². The summed E-state index contributed by atoms with van der Waals surface area (Å²) in [6, 6.07) is 9.19. The van der Waals surface area contributed by atoms with Crippen LogP contribution in [-0.4, -0.2) is 44.2 Å². The summed E-state index contributed by atoms with van der Waals surface area (Å²) in [6.45, 7) is 6.61. The first-order chi connectivity index (χ1) is 8.24. The summed E-state index contributed by atoms with van der Waals surface area (Å²) >= 11 is 0. The van der Waals surface area contributed by atoms with Gasteiger partial charge in [0, 0.05) is 37.9 Å². The van der Waals surface area contributed by atoms with Crippen molar-refractivity contribution in [1.29, 1.82) is 0 Å². The maximum atomic E-state index is 3.57. The van der Waals surface area contributed by atoms with Crippen molar-refractivity contribution < 1.29 is 0 Å². The molecule has 0 radical (unpaired) electrons. The number of nitrogens with zero attached hydrogens (tertiary/aromatic N) is 1. The molecule has 1 aromatic rings. The van der Waals surface area contributed by atoms with Gasteiger partial charge in [-0.05, 0) is 38.1 Å². The highest BCUT2D eigenvalue weighted by Crippen LogP contribution is 2.10. The lowest BCUT2D eigenvalue weighted by Gasteiger charge is -2.31. The third-order valence-corrected chi connectivity index (χ3v) is 3.30. The van der Waals surface area contributed by atoms with E-state index in [9.17, 15) is 0 Å². The number of anilines is 1. The van der Waals surface area contributed by atoms with Gasteiger partial charge in [-0.25, -0.2) is 0 Å². The summed E-state index contributed by atoms with van der Waals surface area (Å²) in [7, 11) is 2.20. The standard InChI is InChI=1S/C14H23N3/c1-12-4-3-5-13(10-12)15-7-6-14-11-17(2)9-8-16-14/h3-5,10,14-16H,6-9,11H2,1-2H3. The van der Waals surface area contributed by atoms with Crippen molar-refractivity contribution in [2.24, 2.45) is 0 Å². The molecule has 0 spiro atoms. The number of benzene rings is 1. The topological polar surface area (TPSA) is 27.3 Å². The van der Waals surface area contributed by atoms with Crippen LogP contribution in [0.4, 0.5) is 5.69 Å². The summed E-state index contributed by atoms with van der Waals surface area (Å²) in [5, 5.41) is 7.05. The molecule has 17 heavy (non-hydrogen) atoms. The van der Waals surface area contributed by atoms with Gasteiger partial charge in [-0.15, -0.1) is 0 Å². The van der Waals surface area contributed by atoms with Crippen molar-refractivity contribution >= 4 is 5.69 Å². The second-order valence-electron chi connectivity index (χ2n) is 5.00. The van der Waals surface area contributed by atoms with Crippen LogP contribution in [0.1, 0.15) is 12.0 Å². The van der Waals surface area contributed by atoms with Crippen molar-refractivity contribution in [3.05, 3.63) is 29.8 Å². The van der Waals surface area contributed by atoms with Crippen LogP contribution in [-0.2, 0) is 0 Å². The third kappa shape index (κ3) is 4.02. The van der Waals surface area contributed by atoms with Crippen molar-refractivity contribution in [2.45, 2.75) is 19.4 Å². The van der Waals surface area contributed by atoms with Crippen LogP contribution in [0.25, 0.3) is 0 Å². The fourth-order valence-electron chi connectivity index (χ4n) is 2.33. The maximum absolute atomic E-state index is 3.57. The van der Waals surface area contributed by atoms with E-state index in [2.05, 4.69) is 53.8 Å².